The molecule has 0 bridgehead atoms. The fourth-order valence-electron chi connectivity index (χ4n) is 5.35. The van der Waals surface area contributed by atoms with Gasteiger partial charge in [0.2, 0.25) is 5.91 Å². The lowest BCUT2D eigenvalue weighted by Gasteiger charge is -2.27. The minimum Gasteiger partial charge on any atom is -0.384 e. The molecule has 0 aliphatic heterocycles. The minimum absolute atomic E-state index is 0.0204. The third-order valence-electron chi connectivity index (χ3n) is 8.39. The van der Waals surface area contributed by atoms with Crippen molar-refractivity contribution in [2.45, 2.75) is 122 Å². The fourth-order valence-corrected chi connectivity index (χ4v) is 6.35. The van der Waals surface area contributed by atoms with Crippen LogP contribution in [0.25, 0.3) is 10.4 Å². The van der Waals surface area contributed by atoms with E-state index in [1.165, 1.54) is 79.9 Å². The molecule has 6 nitrogen and oxygen atoms in total. The zero-order chi connectivity index (χ0) is 28.6. The number of aliphatic hydroxyl groups is 1. The second kappa shape index (κ2) is 11.3. The monoisotopic (exact) mass is 553 g/mol. The van der Waals surface area contributed by atoms with Gasteiger partial charge in [0.25, 0.3) is 5.91 Å². The highest BCUT2D eigenvalue weighted by Gasteiger charge is 2.40. The second-order valence-electron chi connectivity index (χ2n) is 13.8. The summed E-state index contributed by atoms with van der Waals surface area (Å²) in [6.45, 7) is 14.5. The summed E-state index contributed by atoms with van der Waals surface area (Å²) in [5, 5.41) is 15.8. The molecular weight excluding hydrogens is 506 g/mol. The first kappa shape index (κ1) is 29.7. The largest absolute Gasteiger partial charge is 0.384 e. The highest BCUT2D eigenvalue weighted by Crippen LogP contribution is 2.50. The van der Waals surface area contributed by atoms with E-state index in [1.54, 1.807) is 0 Å². The molecule has 7 heteroatoms. The number of hydrogen-bond acceptors (Lipinski definition) is 5. The SMILES string of the molecule is CC(O)C(=O)NC(C)(C)CNC(=O)c1nc(CC2CCCCC2)c(-c2cc(C(C)(C)C)cc(C3(C)CC3)c2)s1. The van der Waals surface area contributed by atoms with E-state index in [-0.39, 0.29) is 23.3 Å². The third-order valence-corrected chi connectivity index (χ3v) is 9.53. The van der Waals surface area contributed by atoms with Gasteiger partial charge in [0.1, 0.15) is 6.10 Å². The first-order valence-electron chi connectivity index (χ1n) is 14.6. The van der Waals surface area contributed by atoms with Crippen LogP contribution >= 0.6 is 11.3 Å². The summed E-state index contributed by atoms with van der Waals surface area (Å²) in [6, 6.07) is 7.04. The van der Waals surface area contributed by atoms with Gasteiger partial charge in [0, 0.05) is 6.54 Å². The summed E-state index contributed by atoms with van der Waals surface area (Å²) in [4.78, 5) is 31.4. The Balaban J connectivity index is 1.65. The number of nitrogens with one attached hydrogen (secondary N) is 2. The van der Waals surface area contributed by atoms with Crippen molar-refractivity contribution in [3.8, 4) is 10.4 Å². The Bertz CT molecular complexity index is 1170. The summed E-state index contributed by atoms with van der Waals surface area (Å²) < 4.78 is 0. The first-order chi connectivity index (χ1) is 18.2. The van der Waals surface area contributed by atoms with Gasteiger partial charge in [0.15, 0.2) is 5.01 Å². The molecule has 1 heterocycles. The predicted octanol–water partition coefficient (Wildman–Crippen LogP) is 6.29. The van der Waals surface area contributed by atoms with Crippen molar-refractivity contribution in [3.05, 3.63) is 40.0 Å². The quantitative estimate of drug-likeness (QED) is 0.340. The zero-order valence-corrected chi connectivity index (χ0v) is 25.7. The molecule has 0 saturated heterocycles. The van der Waals surface area contributed by atoms with Gasteiger partial charge in [-0.3, -0.25) is 9.59 Å². The number of amides is 2. The Hall–Kier alpha value is -2.25. The van der Waals surface area contributed by atoms with E-state index in [0.717, 1.165) is 17.0 Å². The molecule has 0 radical (unpaired) electrons. The molecule has 2 aromatic rings. The standard InChI is InChI=1S/C32H47N3O3S/c1-20(36)27(37)35-31(5,6)19-33-28(38)29-34-25(15-21-11-9-8-10-12-21)26(39-29)22-16-23(30(2,3)4)18-24(17-22)32(7)13-14-32/h16-18,20-21,36H,8-15,19H2,1-7H3,(H,33,38)(H,35,37). The van der Waals surface area contributed by atoms with Crippen LogP contribution in [0.5, 0.6) is 0 Å². The second-order valence-corrected chi connectivity index (χ2v) is 14.8. The molecule has 2 aliphatic carbocycles. The smallest absolute Gasteiger partial charge is 0.280 e. The number of nitrogens with zero attached hydrogens (tertiary/aromatic N) is 1. The lowest BCUT2D eigenvalue weighted by Crippen LogP contribution is -2.53. The first-order valence-corrected chi connectivity index (χ1v) is 15.4. The molecule has 2 amide bonds. The van der Waals surface area contributed by atoms with Crippen LogP contribution in [-0.4, -0.2) is 40.1 Å². The van der Waals surface area contributed by atoms with E-state index in [0.29, 0.717) is 10.9 Å². The van der Waals surface area contributed by atoms with Gasteiger partial charge in [-0.25, -0.2) is 4.98 Å². The minimum atomic E-state index is -1.10. The molecule has 1 unspecified atom stereocenters. The molecule has 2 aliphatic rings. The molecule has 1 aromatic carbocycles. The number of thiazole rings is 1. The number of aliphatic hydroxyl groups excluding tert-OH is 1. The van der Waals surface area contributed by atoms with Crippen LogP contribution < -0.4 is 10.6 Å². The molecule has 2 saturated carbocycles. The van der Waals surface area contributed by atoms with Crippen LogP contribution in [0.2, 0.25) is 0 Å². The van der Waals surface area contributed by atoms with Crippen LogP contribution in [0.3, 0.4) is 0 Å². The van der Waals surface area contributed by atoms with Crippen LogP contribution in [0.15, 0.2) is 18.2 Å². The van der Waals surface area contributed by atoms with Crippen LogP contribution in [0.1, 0.15) is 120 Å². The number of carbonyl (C=O) groups is 2. The Labute approximate surface area is 238 Å². The Morgan fingerprint density at radius 3 is 2.36 bits per heavy atom. The molecule has 1 atom stereocenters. The number of rotatable bonds is 9. The molecular formula is C32H47N3O3S. The summed E-state index contributed by atoms with van der Waals surface area (Å²) in [5.74, 6) is -0.0762. The molecule has 2 fully saturated rings. The van der Waals surface area contributed by atoms with Crippen LogP contribution in [0.4, 0.5) is 0 Å². The van der Waals surface area contributed by atoms with Crippen molar-refractivity contribution in [2.24, 2.45) is 5.92 Å². The van der Waals surface area contributed by atoms with Gasteiger partial charge in [-0.15, -0.1) is 11.3 Å². The van der Waals surface area contributed by atoms with Crippen molar-refractivity contribution in [3.63, 3.8) is 0 Å². The van der Waals surface area contributed by atoms with E-state index in [4.69, 9.17) is 4.98 Å². The summed E-state index contributed by atoms with van der Waals surface area (Å²) in [6.07, 6.45) is 8.53. The highest BCUT2D eigenvalue weighted by atomic mass is 32.1. The maximum absolute atomic E-state index is 13.3. The lowest BCUT2D eigenvalue weighted by atomic mass is 9.82. The van der Waals surface area contributed by atoms with Crippen LogP contribution in [-0.2, 0) is 22.0 Å². The van der Waals surface area contributed by atoms with E-state index in [1.807, 2.05) is 13.8 Å². The average molecular weight is 554 g/mol. The normalized spacial score (nSPS) is 18.5. The average Bonchev–Trinajstić information content (AvgIpc) is 3.48. The number of benzene rings is 1. The molecule has 39 heavy (non-hydrogen) atoms. The topological polar surface area (TPSA) is 91.3 Å². The van der Waals surface area contributed by atoms with Gasteiger partial charge in [0.05, 0.1) is 16.1 Å². The van der Waals surface area contributed by atoms with Crippen molar-refractivity contribution < 1.29 is 14.7 Å². The Morgan fingerprint density at radius 2 is 1.77 bits per heavy atom. The van der Waals surface area contributed by atoms with Gasteiger partial charge >= 0.3 is 0 Å². The Morgan fingerprint density at radius 1 is 1.10 bits per heavy atom. The van der Waals surface area contributed by atoms with Gasteiger partial charge in [-0.2, -0.15) is 0 Å². The molecule has 1 aromatic heterocycles. The van der Waals surface area contributed by atoms with E-state index < -0.39 is 17.6 Å². The van der Waals surface area contributed by atoms with E-state index >= 15 is 0 Å². The maximum atomic E-state index is 13.3. The summed E-state index contributed by atoms with van der Waals surface area (Å²) in [7, 11) is 0. The van der Waals surface area contributed by atoms with Gasteiger partial charge in [-0.05, 0) is 85.6 Å². The molecule has 214 valence electrons. The zero-order valence-electron chi connectivity index (χ0n) is 24.9. The molecule has 3 N–H and O–H groups in total. The van der Waals surface area contributed by atoms with Crippen molar-refractivity contribution in [1.82, 2.24) is 15.6 Å². The van der Waals surface area contributed by atoms with Crippen molar-refractivity contribution in [1.29, 1.82) is 0 Å². The van der Waals surface area contributed by atoms with E-state index in [2.05, 4.69) is 56.5 Å². The van der Waals surface area contributed by atoms with Crippen molar-refractivity contribution >= 4 is 23.2 Å². The van der Waals surface area contributed by atoms with Crippen LogP contribution in [0, 0.1) is 5.92 Å². The van der Waals surface area contributed by atoms with Gasteiger partial charge < -0.3 is 15.7 Å². The number of hydrogen-bond donors (Lipinski definition) is 3. The molecule has 0 spiro atoms. The lowest BCUT2D eigenvalue weighted by molar-refractivity contribution is -0.130. The summed E-state index contributed by atoms with van der Waals surface area (Å²) >= 11 is 1.49. The fraction of sp³-hybridized carbons (Fsp3) is 0.656. The number of aromatic nitrogens is 1. The van der Waals surface area contributed by atoms with E-state index in [9.17, 15) is 14.7 Å². The van der Waals surface area contributed by atoms with Crippen molar-refractivity contribution in [2.75, 3.05) is 6.54 Å². The summed E-state index contributed by atoms with van der Waals surface area (Å²) in [5.41, 5.74) is 4.49. The van der Waals surface area contributed by atoms with Gasteiger partial charge in [-0.1, -0.05) is 65.9 Å². The predicted molar refractivity (Wildman–Crippen MR) is 159 cm³/mol. The number of carbonyl (C=O) groups excluding carboxylic acids is 2. The molecule has 4 rings (SSSR count). The maximum Gasteiger partial charge on any atom is 0.280 e. The third kappa shape index (κ3) is 7.49. The highest BCUT2D eigenvalue weighted by molar-refractivity contribution is 7.17. The Kier molecular flexibility index (Phi) is 8.63.